The largest absolute Gasteiger partial charge is 0.462 e. The summed E-state index contributed by atoms with van der Waals surface area (Å²) in [5, 5.41) is 3.12. The number of esters is 1. The van der Waals surface area contributed by atoms with Gasteiger partial charge in [-0.3, -0.25) is 4.79 Å². The van der Waals surface area contributed by atoms with Crippen LogP contribution in [-0.2, 0) is 22.1 Å². The van der Waals surface area contributed by atoms with Gasteiger partial charge < -0.3 is 10.1 Å². The van der Waals surface area contributed by atoms with Crippen LogP contribution in [-0.4, -0.2) is 37.0 Å². The number of anilines is 1. The first-order valence-electron chi connectivity index (χ1n) is 11.0. The number of para-hydroxylation sites is 1. The van der Waals surface area contributed by atoms with Crippen molar-refractivity contribution in [3.05, 3.63) is 65.2 Å². The first-order chi connectivity index (χ1) is 14.6. The molecule has 0 aliphatic carbocycles. The molecular weight excluding hydrogens is 405 g/mol. The van der Waals surface area contributed by atoms with E-state index in [1.54, 1.807) is 13.0 Å². The molecule has 1 N–H and O–H groups in total. The third-order valence-corrected chi connectivity index (χ3v) is 10.4. The Hall–Kier alpha value is -2.19. The number of carbonyl (C=O) groups is 2. The van der Waals surface area contributed by atoms with E-state index >= 15 is 0 Å². The number of hydrogen-bond acceptors (Lipinski definition) is 3. The highest BCUT2D eigenvalue weighted by molar-refractivity contribution is 7.76. The summed E-state index contributed by atoms with van der Waals surface area (Å²) in [6.45, 7) is 4.14. The highest BCUT2D eigenvalue weighted by Gasteiger charge is 2.41. The monoisotopic (exact) mass is 442 g/mol. The SMILES string of the molecule is C.CCOC(=O)c1cccc(CC)c1NC(=O)C[P+]1(Cc2ccccc2)CCCCC1. The fourth-order valence-corrected chi connectivity index (χ4v) is 8.86. The topological polar surface area (TPSA) is 55.4 Å². The molecule has 3 rings (SSSR count). The lowest BCUT2D eigenvalue weighted by Crippen LogP contribution is -2.26. The van der Waals surface area contributed by atoms with E-state index in [0.29, 0.717) is 24.0 Å². The Kier molecular flexibility index (Phi) is 9.71. The van der Waals surface area contributed by atoms with E-state index in [2.05, 4.69) is 29.6 Å². The van der Waals surface area contributed by atoms with Gasteiger partial charge in [0.05, 0.1) is 36.3 Å². The highest BCUT2D eigenvalue weighted by Crippen LogP contribution is 2.64. The Morgan fingerprint density at radius 2 is 1.68 bits per heavy atom. The molecule has 1 heterocycles. The first-order valence-corrected chi connectivity index (χ1v) is 13.6. The van der Waals surface area contributed by atoms with Gasteiger partial charge in [0.15, 0.2) is 0 Å². The van der Waals surface area contributed by atoms with Gasteiger partial charge in [-0.1, -0.05) is 56.8 Å². The van der Waals surface area contributed by atoms with E-state index in [9.17, 15) is 9.59 Å². The number of benzene rings is 2. The molecular formula is C26H37NO3P+. The average Bonchev–Trinajstić information content (AvgIpc) is 2.75. The van der Waals surface area contributed by atoms with Gasteiger partial charge in [0.2, 0.25) is 0 Å². The van der Waals surface area contributed by atoms with Gasteiger partial charge in [-0.2, -0.15) is 0 Å². The van der Waals surface area contributed by atoms with Crippen molar-refractivity contribution in [2.75, 3.05) is 30.4 Å². The Bertz CT molecular complexity index is 860. The van der Waals surface area contributed by atoms with Crippen LogP contribution in [0, 0.1) is 0 Å². The third kappa shape index (κ3) is 6.64. The van der Waals surface area contributed by atoms with Crippen molar-refractivity contribution in [3.63, 3.8) is 0 Å². The minimum Gasteiger partial charge on any atom is -0.462 e. The Morgan fingerprint density at radius 3 is 2.32 bits per heavy atom. The molecule has 2 aromatic carbocycles. The van der Waals surface area contributed by atoms with E-state index in [0.717, 1.165) is 18.1 Å². The molecule has 0 bridgehead atoms. The quantitative estimate of drug-likeness (QED) is 0.380. The molecule has 168 valence electrons. The zero-order valence-corrected chi connectivity index (χ0v) is 19.0. The smallest absolute Gasteiger partial charge is 0.340 e. The van der Waals surface area contributed by atoms with Crippen LogP contribution in [0.4, 0.5) is 5.69 Å². The lowest BCUT2D eigenvalue weighted by atomic mass is 10.0. The Balaban J connectivity index is 0.00000341. The summed E-state index contributed by atoms with van der Waals surface area (Å²) in [7, 11) is -1.41. The van der Waals surface area contributed by atoms with Gasteiger partial charge in [-0.25, -0.2) is 4.79 Å². The number of carbonyl (C=O) groups excluding carboxylic acids is 2. The summed E-state index contributed by atoms with van der Waals surface area (Å²) < 4.78 is 5.22. The molecule has 1 aliphatic heterocycles. The molecule has 0 saturated carbocycles. The van der Waals surface area contributed by atoms with Crippen molar-refractivity contribution in [2.24, 2.45) is 0 Å². The van der Waals surface area contributed by atoms with Crippen LogP contribution in [0.3, 0.4) is 0 Å². The van der Waals surface area contributed by atoms with Crippen LogP contribution in [0.25, 0.3) is 0 Å². The number of amides is 1. The van der Waals surface area contributed by atoms with Gasteiger partial charge >= 0.3 is 5.97 Å². The number of hydrogen-bond donors (Lipinski definition) is 1. The van der Waals surface area contributed by atoms with Gasteiger partial charge in [0.1, 0.15) is 6.16 Å². The van der Waals surface area contributed by atoms with Crippen molar-refractivity contribution in [1.82, 2.24) is 0 Å². The molecule has 31 heavy (non-hydrogen) atoms. The lowest BCUT2D eigenvalue weighted by Gasteiger charge is -2.31. The van der Waals surface area contributed by atoms with Gasteiger partial charge in [-0.15, -0.1) is 0 Å². The van der Waals surface area contributed by atoms with E-state index in [1.165, 1.54) is 37.1 Å². The summed E-state index contributed by atoms with van der Waals surface area (Å²) >= 11 is 0. The number of rotatable bonds is 8. The van der Waals surface area contributed by atoms with Crippen molar-refractivity contribution in [3.8, 4) is 0 Å². The van der Waals surface area contributed by atoms with Crippen LogP contribution in [0.1, 0.15) is 62.0 Å². The van der Waals surface area contributed by atoms with E-state index in [1.807, 2.05) is 25.1 Å². The molecule has 4 nitrogen and oxygen atoms in total. The standard InChI is InChI=1S/C25H32NO3P.CH4/c1-3-21-14-11-15-22(25(28)29-4-2)24(21)26-23(27)19-30(16-9-6-10-17-30)18-20-12-7-5-8-13-20;/h5,7-8,11-15H,3-4,6,9-10,16-19H2,1-2H3;1H4/p+1. The number of ether oxygens (including phenoxy) is 1. The summed E-state index contributed by atoms with van der Waals surface area (Å²) in [5.74, 6) is -0.345. The van der Waals surface area contributed by atoms with E-state index < -0.39 is 7.26 Å². The van der Waals surface area contributed by atoms with E-state index in [-0.39, 0.29) is 19.3 Å². The second kappa shape index (κ2) is 12.0. The predicted molar refractivity (Wildman–Crippen MR) is 133 cm³/mol. The maximum atomic E-state index is 13.2. The number of aryl methyl sites for hydroxylation is 1. The zero-order chi connectivity index (χ0) is 21.4. The average molecular weight is 443 g/mol. The second-order valence-corrected chi connectivity index (χ2v) is 12.3. The summed E-state index contributed by atoms with van der Waals surface area (Å²) in [6.07, 6.45) is 8.41. The second-order valence-electron chi connectivity index (χ2n) is 8.11. The van der Waals surface area contributed by atoms with Crippen LogP contribution in [0.15, 0.2) is 48.5 Å². The summed E-state index contributed by atoms with van der Waals surface area (Å²) in [4.78, 5) is 25.7. The van der Waals surface area contributed by atoms with Crippen LogP contribution >= 0.6 is 7.26 Å². The fraction of sp³-hybridized carbons (Fsp3) is 0.462. The van der Waals surface area contributed by atoms with E-state index in [4.69, 9.17) is 4.74 Å². The molecule has 1 amide bonds. The molecule has 1 aliphatic rings. The van der Waals surface area contributed by atoms with Crippen LogP contribution in [0.5, 0.6) is 0 Å². The molecule has 0 atom stereocenters. The van der Waals surface area contributed by atoms with Gasteiger partial charge in [-0.05, 0) is 49.8 Å². The van der Waals surface area contributed by atoms with Crippen molar-refractivity contribution >= 4 is 24.8 Å². The molecule has 0 radical (unpaired) electrons. The normalized spacial score (nSPS) is 14.9. The summed E-state index contributed by atoms with van der Waals surface area (Å²) in [5.41, 5.74) is 3.37. The summed E-state index contributed by atoms with van der Waals surface area (Å²) in [6, 6.07) is 16.1. The van der Waals surface area contributed by atoms with Crippen LogP contribution in [0.2, 0.25) is 0 Å². The molecule has 5 heteroatoms. The molecule has 2 aromatic rings. The van der Waals surface area contributed by atoms with Crippen molar-refractivity contribution in [2.45, 2.75) is 53.1 Å². The molecule has 0 spiro atoms. The van der Waals surface area contributed by atoms with Gasteiger partial charge in [0.25, 0.3) is 5.91 Å². The molecule has 0 aromatic heterocycles. The third-order valence-electron chi connectivity index (χ3n) is 5.90. The van der Waals surface area contributed by atoms with Crippen molar-refractivity contribution in [1.29, 1.82) is 0 Å². The molecule has 1 saturated heterocycles. The lowest BCUT2D eigenvalue weighted by molar-refractivity contribution is -0.113. The zero-order valence-electron chi connectivity index (χ0n) is 18.2. The maximum Gasteiger partial charge on any atom is 0.340 e. The maximum absolute atomic E-state index is 13.2. The number of nitrogens with one attached hydrogen (secondary N) is 1. The minimum atomic E-state index is -1.41. The predicted octanol–water partition coefficient (Wildman–Crippen LogP) is 6.40. The first kappa shape index (κ1) is 25.1. The fourth-order valence-electron chi connectivity index (χ4n) is 4.43. The highest BCUT2D eigenvalue weighted by atomic mass is 31.2. The Labute approximate surface area is 188 Å². The van der Waals surface area contributed by atoms with Gasteiger partial charge in [0, 0.05) is 7.26 Å². The van der Waals surface area contributed by atoms with Crippen molar-refractivity contribution < 1.29 is 14.3 Å². The molecule has 0 unspecified atom stereocenters. The molecule has 1 fully saturated rings. The minimum absolute atomic E-state index is 0. The van der Waals surface area contributed by atoms with Crippen LogP contribution < -0.4 is 5.32 Å². The Morgan fingerprint density at radius 1 is 0.968 bits per heavy atom.